The van der Waals surface area contributed by atoms with Gasteiger partial charge in [0.15, 0.2) is 11.3 Å². The summed E-state index contributed by atoms with van der Waals surface area (Å²) >= 11 is 0. The molecule has 0 fully saturated rings. The number of anilines is 1. The minimum absolute atomic E-state index is 0.240. The molecule has 0 saturated carbocycles. The number of benzene rings is 1. The van der Waals surface area contributed by atoms with Gasteiger partial charge in [0.25, 0.3) is 5.91 Å². The Hall–Kier alpha value is -3.60. The zero-order valence-corrected chi connectivity index (χ0v) is 14.8. The third-order valence-corrected chi connectivity index (χ3v) is 4.53. The Balaban J connectivity index is 1.86. The lowest BCUT2D eigenvalue weighted by molar-refractivity contribution is 0.0948. The van der Waals surface area contributed by atoms with Crippen LogP contribution in [0.3, 0.4) is 0 Å². The van der Waals surface area contributed by atoms with Gasteiger partial charge in [0.1, 0.15) is 23.7 Å². The van der Waals surface area contributed by atoms with E-state index in [1.165, 1.54) is 6.20 Å². The largest absolute Gasteiger partial charge is 0.493 e. The Morgan fingerprint density at radius 1 is 1.37 bits per heavy atom. The molecule has 0 atom stereocenters. The third kappa shape index (κ3) is 3.04. The summed E-state index contributed by atoms with van der Waals surface area (Å²) in [7, 11) is 0. The fourth-order valence-corrected chi connectivity index (χ4v) is 3.12. The highest BCUT2D eigenvalue weighted by atomic mass is 16.5. The first-order valence-electron chi connectivity index (χ1n) is 8.71. The molecule has 27 heavy (non-hydrogen) atoms. The number of carbonyl (C=O) groups is 1. The number of carbonyl (C=O) groups excluding carboxylic acids is 1. The monoisotopic (exact) mass is 362 g/mol. The fourth-order valence-electron chi connectivity index (χ4n) is 3.12. The maximum atomic E-state index is 12.5. The van der Waals surface area contributed by atoms with E-state index in [2.05, 4.69) is 20.2 Å². The van der Waals surface area contributed by atoms with Gasteiger partial charge < -0.3 is 15.0 Å². The Bertz CT molecular complexity index is 1050. The fraction of sp³-hybridized carbons (Fsp3) is 0.263. The maximum absolute atomic E-state index is 12.5. The Labute approximate surface area is 156 Å². The van der Waals surface area contributed by atoms with E-state index in [-0.39, 0.29) is 5.91 Å². The molecule has 3 aromatic rings. The lowest BCUT2D eigenvalue weighted by Crippen LogP contribution is -2.28. The Kier molecular flexibility index (Phi) is 4.34. The molecule has 8 nitrogen and oxygen atoms in total. The minimum atomic E-state index is -0.240. The van der Waals surface area contributed by atoms with Crippen LogP contribution in [0.1, 0.15) is 22.8 Å². The highest BCUT2D eigenvalue weighted by molar-refractivity contribution is 5.99. The van der Waals surface area contributed by atoms with Gasteiger partial charge in [0.2, 0.25) is 0 Å². The van der Waals surface area contributed by atoms with E-state index in [0.29, 0.717) is 54.7 Å². The summed E-state index contributed by atoms with van der Waals surface area (Å²) in [6, 6.07) is 7.30. The van der Waals surface area contributed by atoms with Crippen molar-refractivity contribution in [3.05, 3.63) is 59.2 Å². The van der Waals surface area contributed by atoms with E-state index < -0.39 is 0 Å². The molecule has 0 aliphatic carbocycles. The zero-order valence-electron chi connectivity index (χ0n) is 14.8. The summed E-state index contributed by atoms with van der Waals surface area (Å²) in [5.74, 6) is 1.12. The third-order valence-electron chi connectivity index (χ3n) is 4.53. The van der Waals surface area contributed by atoms with Gasteiger partial charge in [-0.1, -0.05) is 12.1 Å². The number of nitrogens with zero attached hydrogens (tertiary/aromatic N) is 5. The van der Waals surface area contributed by atoms with Crippen molar-refractivity contribution in [1.82, 2.24) is 19.9 Å². The van der Waals surface area contributed by atoms with Crippen LogP contribution < -0.4 is 15.0 Å². The molecule has 2 aromatic heterocycles. The van der Waals surface area contributed by atoms with Crippen LogP contribution in [0, 0.1) is 6.57 Å². The van der Waals surface area contributed by atoms with Crippen LogP contribution in [-0.4, -0.2) is 40.2 Å². The number of aromatic nitrogens is 3. The van der Waals surface area contributed by atoms with Gasteiger partial charge in [-0.05, 0) is 19.1 Å². The second-order valence-corrected chi connectivity index (χ2v) is 6.10. The topological polar surface area (TPSA) is 76.1 Å². The summed E-state index contributed by atoms with van der Waals surface area (Å²) in [5.41, 5.74) is 2.29. The summed E-state index contributed by atoms with van der Waals surface area (Å²) < 4.78 is 7.46. The van der Waals surface area contributed by atoms with Crippen LogP contribution in [0.25, 0.3) is 10.5 Å². The molecule has 3 heterocycles. The van der Waals surface area contributed by atoms with Crippen molar-refractivity contribution < 1.29 is 9.53 Å². The van der Waals surface area contributed by atoms with Gasteiger partial charge in [-0.2, -0.15) is 5.10 Å². The summed E-state index contributed by atoms with van der Waals surface area (Å²) in [5, 5.41) is 7.03. The number of fused-ring (bicyclic) bond motifs is 2. The number of amides is 1. The first-order chi connectivity index (χ1) is 13.2. The van der Waals surface area contributed by atoms with Crippen molar-refractivity contribution in [2.75, 3.05) is 24.6 Å². The van der Waals surface area contributed by atoms with Gasteiger partial charge in [0.05, 0.1) is 19.3 Å². The van der Waals surface area contributed by atoms with Crippen molar-refractivity contribution in [1.29, 1.82) is 0 Å². The second-order valence-electron chi connectivity index (χ2n) is 6.10. The molecule has 1 amide bonds. The van der Waals surface area contributed by atoms with Gasteiger partial charge in [-0.15, -0.1) is 0 Å². The molecular formula is C19H18N6O2. The van der Waals surface area contributed by atoms with Crippen LogP contribution in [0.4, 0.5) is 11.5 Å². The van der Waals surface area contributed by atoms with Crippen LogP contribution in [0.5, 0.6) is 5.75 Å². The number of nitrogens with one attached hydrogen (secondary N) is 1. The van der Waals surface area contributed by atoms with Gasteiger partial charge >= 0.3 is 0 Å². The molecular weight excluding hydrogens is 344 g/mol. The van der Waals surface area contributed by atoms with E-state index in [0.717, 1.165) is 5.56 Å². The maximum Gasteiger partial charge on any atom is 0.256 e. The molecule has 1 N–H and O–H groups in total. The standard InChI is InChI=1S/C19H18N6O2/c1-3-24-12-14-15(20-2)5-4-6-16(14)27-10-8-21-19(26)13-11-22-25-9-7-17(24)23-18(13)25/h4-7,9,11H,3,8,10,12H2,1H3,(H,21,26). The summed E-state index contributed by atoms with van der Waals surface area (Å²) in [6.07, 6.45) is 3.30. The Morgan fingerprint density at radius 2 is 2.26 bits per heavy atom. The smallest absolute Gasteiger partial charge is 0.256 e. The first-order valence-corrected chi connectivity index (χ1v) is 8.71. The predicted octanol–water partition coefficient (Wildman–Crippen LogP) is 2.43. The van der Waals surface area contributed by atoms with Crippen LogP contribution in [0.2, 0.25) is 0 Å². The van der Waals surface area contributed by atoms with E-state index in [1.807, 2.05) is 30.0 Å². The molecule has 4 rings (SSSR count). The van der Waals surface area contributed by atoms with Crippen molar-refractivity contribution >= 4 is 23.1 Å². The SMILES string of the molecule is [C-]#[N+]c1cccc2c1CN(CC)c1ccn3ncc(c3n1)C(=O)NCCO2. The first kappa shape index (κ1) is 16.8. The van der Waals surface area contributed by atoms with Crippen LogP contribution in [0.15, 0.2) is 36.7 Å². The van der Waals surface area contributed by atoms with Gasteiger partial charge in [-0.25, -0.2) is 14.3 Å². The van der Waals surface area contributed by atoms with E-state index in [1.54, 1.807) is 16.8 Å². The number of rotatable bonds is 1. The molecule has 1 aliphatic rings. The lowest BCUT2D eigenvalue weighted by atomic mass is 10.1. The quantitative estimate of drug-likeness (QED) is 0.673. The molecule has 8 heteroatoms. The zero-order chi connectivity index (χ0) is 18.8. The van der Waals surface area contributed by atoms with Crippen LogP contribution in [-0.2, 0) is 6.54 Å². The normalized spacial score (nSPS) is 14.4. The molecule has 136 valence electrons. The molecule has 2 bridgehead atoms. The molecule has 0 unspecified atom stereocenters. The molecule has 0 radical (unpaired) electrons. The molecule has 1 aliphatic heterocycles. The second kappa shape index (κ2) is 6.96. The van der Waals surface area contributed by atoms with E-state index >= 15 is 0 Å². The van der Waals surface area contributed by atoms with Crippen molar-refractivity contribution in [3.63, 3.8) is 0 Å². The molecule has 1 aromatic carbocycles. The minimum Gasteiger partial charge on any atom is -0.493 e. The average molecular weight is 362 g/mol. The summed E-state index contributed by atoms with van der Waals surface area (Å²) in [6.45, 7) is 11.3. The highest BCUT2D eigenvalue weighted by Crippen LogP contribution is 2.31. The van der Waals surface area contributed by atoms with E-state index in [4.69, 9.17) is 11.3 Å². The highest BCUT2D eigenvalue weighted by Gasteiger charge is 2.19. The molecule has 0 spiro atoms. The Morgan fingerprint density at radius 3 is 3.07 bits per heavy atom. The van der Waals surface area contributed by atoms with Crippen molar-refractivity contribution in [2.45, 2.75) is 13.5 Å². The molecule has 0 saturated heterocycles. The summed E-state index contributed by atoms with van der Waals surface area (Å²) in [4.78, 5) is 22.8. The predicted molar refractivity (Wildman–Crippen MR) is 100 cm³/mol. The van der Waals surface area contributed by atoms with Crippen molar-refractivity contribution in [2.24, 2.45) is 0 Å². The van der Waals surface area contributed by atoms with Gasteiger partial charge in [-0.3, -0.25) is 4.79 Å². The number of hydrogen-bond acceptors (Lipinski definition) is 5. The lowest BCUT2D eigenvalue weighted by Gasteiger charge is -2.24. The van der Waals surface area contributed by atoms with Crippen molar-refractivity contribution in [3.8, 4) is 5.75 Å². The van der Waals surface area contributed by atoms with E-state index in [9.17, 15) is 4.79 Å². The number of ether oxygens (including phenoxy) is 1. The van der Waals surface area contributed by atoms with Crippen LogP contribution >= 0.6 is 0 Å². The average Bonchev–Trinajstić information content (AvgIpc) is 3.12. The van der Waals surface area contributed by atoms with Gasteiger partial charge in [0, 0.05) is 24.8 Å². The number of hydrogen-bond donors (Lipinski definition) is 1.